The fourth-order valence-corrected chi connectivity index (χ4v) is 4.38. The number of nitrogens with zero attached hydrogens (tertiary/aromatic N) is 3. The maximum Gasteiger partial charge on any atom is 0.274 e. The number of aryl methyl sites for hydroxylation is 1. The number of carbonyl (C=O) groups is 1. The average Bonchev–Trinajstić information content (AvgIpc) is 3.14. The zero-order chi connectivity index (χ0) is 20.2. The molecule has 6 heteroatoms. The van der Waals surface area contributed by atoms with Crippen LogP contribution in [-0.2, 0) is 17.6 Å². The topological polar surface area (TPSA) is 73.4 Å². The Kier molecular flexibility index (Phi) is 6.31. The molecule has 29 heavy (non-hydrogen) atoms. The molecule has 0 bridgehead atoms. The van der Waals surface area contributed by atoms with Gasteiger partial charge in [0.1, 0.15) is 0 Å². The molecule has 4 rings (SSSR count). The third-order valence-electron chi connectivity index (χ3n) is 6.09. The molecule has 1 aliphatic carbocycles. The van der Waals surface area contributed by atoms with Crippen molar-refractivity contribution in [3.05, 3.63) is 46.8 Å². The first-order valence-electron chi connectivity index (χ1n) is 11.0. The standard InChI is InChI=1S/C23H32N4O2/c1-17-7-9-18(10-8-17)27-21-6-3-2-5-20(21)22(25-27)23(28)26-14-11-19(12-15-26)29-16-4-13-24/h7-10,19H,2-6,11-16,24H2,1H3. The van der Waals surface area contributed by atoms with Gasteiger partial charge < -0.3 is 15.4 Å². The largest absolute Gasteiger partial charge is 0.378 e. The minimum absolute atomic E-state index is 0.0782. The molecule has 2 heterocycles. The van der Waals surface area contributed by atoms with Gasteiger partial charge in [-0.3, -0.25) is 4.79 Å². The predicted octanol–water partition coefficient (Wildman–Crippen LogP) is 3.03. The molecule has 0 radical (unpaired) electrons. The van der Waals surface area contributed by atoms with Crippen molar-refractivity contribution in [3.63, 3.8) is 0 Å². The van der Waals surface area contributed by atoms with Crippen LogP contribution in [0.2, 0.25) is 0 Å². The van der Waals surface area contributed by atoms with Gasteiger partial charge in [0.05, 0.1) is 11.8 Å². The number of likely N-dealkylation sites (tertiary alicyclic amines) is 1. The number of rotatable bonds is 6. The number of ether oxygens (including phenoxy) is 1. The van der Waals surface area contributed by atoms with Crippen LogP contribution < -0.4 is 5.73 Å². The number of aromatic nitrogens is 2. The highest BCUT2D eigenvalue weighted by atomic mass is 16.5. The SMILES string of the molecule is Cc1ccc(-n2nc(C(=O)N3CCC(OCCCN)CC3)c3c2CCCC3)cc1. The minimum Gasteiger partial charge on any atom is -0.378 e. The third-order valence-corrected chi connectivity index (χ3v) is 6.09. The number of fused-ring (bicyclic) bond motifs is 1. The van der Waals surface area contributed by atoms with Gasteiger partial charge in [0.2, 0.25) is 0 Å². The van der Waals surface area contributed by atoms with Crippen molar-refractivity contribution >= 4 is 5.91 Å². The van der Waals surface area contributed by atoms with E-state index in [-0.39, 0.29) is 12.0 Å². The zero-order valence-corrected chi connectivity index (χ0v) is 17.4. The molecular formula is C23H32N4O2. The van der Waals surface area contributed by atoms with Gasteiger partial charge in [0, 0.05) is 31.0 Å². The second-order valence-corrected chi connectivity index (χ2v) is 8.23. The number of hydrogen-bond donors (Lipinski definition) is 1. The molecule has 1 saturated heterocycles. The Morgan fingerprint density at radius 1 is 1.17 bits per heavy atom. The first-order chi connectivity index (χ1) is 14.2. The first kappa shape index (κ1) is 20.1. The van der Waals surface area contributed by atoms with E-state index < -0.39 is 0 Å². The number of piperidine rings is 1. The van der Waals surface area contributed by atoms with Crippen LogP contribution in [0.3, 0.4) is 0 Å². The maximum absolute atomic E-state index is 13.3. The summed E-state index contributed by atoms with van der Waals surface area (Å²) in [7, 11) is 0. The summed E-state index contributed by atoms with van der Waals surface area (Å²) in [6.07, 6.45) is 7.12. The highest BCUT2D eigenvalue weighted by Gasteiger charge is 2.30. The van der Waals surface area contributed by atoms with E-state index in [0.717, 1.165) is 69.3 Å². The van der Waals surface area contributed by atoms with Crippen molar-refractivity contribution in [2.24, 2.45) is 5.73 Å². The summed E-state index contributed by atoms with van der Waals surface area (Å²) in [4.78, 5) is 15.3. The highest BCUT2D eigenvalue weighted by molar-refractivity contribution is 5.94. The Bertz CT molecular complexity index is 835. The van der Waals surface area contributed by atoms with Gasteiger partial charge >= 0.3 is 0 Å². The summed E-state index contributed by atoms with van der Waals surface area (Å²) in [5.74, 6) is 0.0782. The van der Waals surface area contributed by atoms with Crippen LogP contribution in [-0.4, -0.2) is 52.9 Å². The van der Waals surface area contributed by atoms with Crippen molar-refractivity contribution in [1.82, 2.24) is 14.7 Å². The molecule has 1 amide bonds. The number of amides is 1. The highest BCUT2D eigenvalue weighted by Crippen LogP contribution is 2.28. The lowest BCUT2D eigenvalue weighted by Crippen LogP contribution is -2.41. The summed E-state index contributed by atoms with van der Waals surface area (Å²) >= 11 is 0. The lowest BCUT2D eigenvalue weighted by atomic mass is 9.95. The molecule has 0 atom stereocenters. The smallest absolute Gasteiger partial charge is 0.274 e. The zero-order valence-electron chi connectivity index (χ0n) is 17.4. The van der Waals surface area contributed by atoms with E-state index in [9.17, 15) is 4.79 Å². The quantitative estimate of drug-likeness (QED) is 0.762. The van der Waals surface area contributed by atoms with Crippen molar-refractivity contribution < 1.29 is 9.53 Å². The van der Waals surface area contributed by atoms with Crippen LogP contribution in [0.15, 0.2) is 24.3 Å². The molecule has 1 aliphatic heterocycles. The van der Waals surface area contributed by atoms with E-state index in [4.69, 9.17) is 15.6 Å². The Balaban J connectivity index is 1.51. The molecular weight excluding hydrogens is 364 g/mol. The fourth-order valence-electron chi connectivity index (χ4n) is 4.38. The molecule has 1 aromatic heterocycles. The summed E-state index contributed by atoms with van der Waals surface area (Å²) < 4.78 is 7.89. The molecule has 0 spiro atoms. The van der Waals surface area contributed by atoms with Gasteiger partial charge in [-0.05, 0) is 70.5 Å². The molecule has 1 fully saturated rings. The summed E-state index contributed by atoms with van der Waals surface area (Å²) in [5, 5.41) is 4.83. The Morgan fingerprint density at radius 3 is 2.62 bits per heavy atom. The molecule has 2 aromatic rings. The monoisotopic (exact) mass is 396 g/mol. The van der Waals surface area contributed by atoms with E-state index >= 15 is 0 Å². The molecule has 156 valence electrons. The number of carbonyl (C=O) groups excluding carboxylic acids is 1. The van der Waals surface area contributed by atoms with Crippen molar-refractivity contribution in [3.8, 4) is 5.69 Å². The van der Waals surface area contributed by atoms with Crippen molar-refractivity contribution in [2.75, 3.05) is 26.2 Å². The Hall–Kier alpha value is -2.18. The van der Waals surface area contributed by atoms with Gasteiger partial charge in [-0.2, -0.15) is 5.10 Å². The molecule has 6 nitrogen and oxygen atoms in total. The minimum atomic E-state index is 0.0782. The van der Waals surface area contributed by atoms with Gasteiger partial charge in [-0.25, -0.2) is 4.68 Å². The van der Waals surface area contributed by atoms with Gasteiger partial charge in [-0.1, -0.05) is 17.7 Å². The number of benzene rings is 1. The molecule has 2 N–H and O–H groups in total. The Labute approximate surface area is 173 Å². The van der Waals surface area contributed by atoms with E-state index in [0.29, 0.717) is 18.8 Å². The molecule has 2 aliphatic rings. The van der Waals surface area contributed by atoms with Crippen LogP contribution in [0.5, 0.6) is 0 Å². The summed E-state index contributed by atoms with van der Waals surface area (Å²) in [6.45, 7) is 4.92. The average molecular weight is 397 g/mol. The Morgan fingerprint density at radius 2 is 1.90 bits per heavy atom. The lowest BCUT2D eigenvalue weighted by Gasteiger charge is -2.31. The maximum atomic E-state index is 13.3. The van der Waals surface area contributed by atoms with Crippen LogP contribution in [0, 0.1) is 6.92 Å². The van der Waals surface area contributed by atoms with Crippen LogP contribution in [0.25, 0.3) is 5.69 Å². The molecule has 1 aromatic carbocycles. The molecule has 0 saturated carbocycles. The van der Waals surface area contributed by atoms with Crippen LogP contribution in [0.1, 0.15) is 59.4 Å². The van der Waals surface area contributed by atoms with E-state index in [2.05, 4.69) is 31.2 Å². The van der Waals surface area contributed by atoms with E-state index in [1.807, 2.05) is 9.58 Å². The summed E-state index contributed by atoms with van der Waals surface area (Å²) in [5.41, 5.74) is 10.8. The second kappa shape index (κ2) is 9.09. The lowest BCUT2D eigenvalue weighted by molar-refractivity contribution is 0.00825. The van der Waals surface area contributed by atoms with Crippen molar-refractivity contribution in [2.45, 2.75) is 58.0 Å². The number of hydrogen-bond acceptors (Lipinski definition) is 4. The van der Waals surface area contributed by atoms with Gasteiger partial charge in [0.15, 0.2) is 5.69 Å². The molecule has 0 unspecified atom stereocenters. The van der Waals surface area contributed by atoms with Crippen LogP contribution in [0.4, 0.5) is 0 Å². The third kappa shape index (κ3) is 4.38. The van der Waals surface area contributed by atoms with Gasteiger partial charge in [-0.15, -0.1) is 0 Å². The van der Waals surface area contributed by atoms with E-state index in [1.54, 1.807) is 0 Å². The van der Waals surface area contributed by atoms with Gasteiger partial charge in [0.25, 0.3) is 5.91 Å². The predicted molar refractivity (Wildman–Crippen MR) is 113 cm³/mol. The first-order valence-corrected chi connectivity index (χ1v) is 11.0. The summed E-state index contributed by atoms with van der Waals surface area (Å²) in [6, 6.07) is 8.39. The normalized spacial score (nSPS) is 17.4. The fraction of sp³-hybridized carbons (Fsp3) is 0.565. The second-order valence-electron chi connectivity index (χ2n) is 8.23. The van der Waals surface area contributed by atoms with E-state index in [1.165, 1.54) is 11.3 Å². The van der Waals surface area contributed by atoms with Crippen LogP contribution >= 0.6 is 0 Å². The van der Waals surface area contributed by atoms with Crippen molar-refractivity contribution in [1.29, 1.82) is 0 Å². The number of nitrogens with two attached hydrogens (primary N) is 1.